The Morgan fingerprint density at radius 2 is 2.10 bits per heavy atom. The predicted molar refractivity (Wildman–Crippen MR) is 85.7 cm³/mol. The van der Waals surface area contributed by atoms with Gasteiger partial charge in [0, 0.05) is 23.7 Å². The number of aliphatic hydroxyl groups is 1. The van der Waals surface area contributed by atoms with E-state index in [9.17, 15) is 5.11 Å². The summed E-state index contributed by atoms with van der Waals surface area (Å²) in [4.78, 5) is 0. The minimum Gasteiger partial charge on any atom is -0.409 e. The van der Waals surface area contributed by atoms with Crippen LogP contribution in [0.15, 0.2) is 23.4 Å². The number of amidine groups is 1. The lowest BCUT2D eigenvalue weighted by atomic mass is 9.89. The molecular weight excluding hydrogens is 290 g/mol. The van der Waals surface area contributed by atoms with Gasteiger partial charge in [0.15, 0.2) is 5.84 Å². The van der Waals surface area contributed by atoms with E-state index in [1.807, 2.05) is 6.07 Å². The number of nitrogens with one attached hydrogen (secondary N) is 1. The molecule has 0 bridgehead atoms. The fraction of sp³-hybridized carbons (Fsp3) is 0.533. The Balaban J connectivity index is 2.53. The summed E-state index contributed by atoms with van der Waals surface area (Å²) in [6, 6.07) is 5.21. The first kappa shape index (κ1) is 17.8. The monoisotopic (exact) mass is 313 g/mol. The zero-order chi connectivity index (χ0) is 16.0. The van der Waals surface area contributed by atoms with Crippen molar-refractivity contribution in [1.82, 2.24) is 5.32 Å². The van der Waals surface area contributed by atoms with Gasteiger partial charge in [0.05, 0.1) is 6.10 Å². The van der Waals surface area contributed by atoms with Gasteiger partial charge in [-0.15, -0.1) is 0 Å². The molecule has 0 aliphatic carbocycles. The molecule has 0 saturated heterocycles. The van der Waals surface area contributed by atoms with Crippen LogP contribution in [-0.4, -0.2) is 28.8 Å². The van der Waals surface area contributed by atoms with Crippen LogP contribution in [0.4, 0.5) is 0 Å². The van der Waals surface area contributed by atoms with Gasteiger partial charge in [0.1, 0.15) is 0 Å². The number of halogens is 1. The summed E-state index contributed by atoms with van der Waals surface area (Å²) in [6.45, 7) is 7.35. The van der Waals surface area contributed by atoms with E-state index >= 15 is 0 Å². The second-order valence-corrected chi connectivity index (χ2v) is 6.75. The highest BCUT2D eigenvalue weighted by Crippen LogP contribution is 2.21. The molecule has 0 fully saturated rings. The van der Waals surface area contributed by atoms with Gasteiger partial charge in [-0.2, -0.15) is 0 Å². The lowest BCUT2D eigenvalue weighted by molar-refractivity contribution is 0.119. The van der Waals surface area contributed by atoms with Crippen LogP contribution in [0.2, 0.25) is 5.02 Å². The number of nitrogens with zero attached hydrogens (tertiary/aromatic N) is 1. The lowest BCUT2D eigenvalue weighted by Crippen LogP contribution is -2.29. The predicted octanol–water partition coefficient (Wildman–Crippen LogP) is 2.32. The van der Waals surface area contributed by atoms with E-state index in [4.69, 9.17) is 22.5 Å². The van der Waals surface area contributed by atoms with E-state index in [-0.39, 0.29) is 17.4 Å². The van der Waals surface area contributed by atoms with Gasteiger partial charge in [-0.25, -0.2) is 0 Å². The first-order chi connectivity index (χ1) is 9.73. The number of aliphatic hydroxyl groups excluding tert-OH is 1. The summed E-state index contributed by atoms with van der Waals surface area (Å²) in [5.41, 5.74) is 7.07. The quantitative estimate of drug-likeness (QED) is 0.281. The van der Waals surface area contributed by atoms with E-state index in [0.717, 1.165) is 12.0 Å². The molecule has 118 valence electrons. The van der Waals surface area contributed by atoms with Crippen LogP contribution in [0.1, 0.15) is 38.3 Å². The highest BCUT2D eigenvalue weighted by Gasteiger charge is 2.16. The van der Waals surface area contributed by atoms with Crippen molar-refractivity contribution in [2.75, 3.05) is 6.54 Å². The van der Waals surface area contributed by atoms with Gasteiger partial charge < -0.3 is 21.4 Å². The van der Waals surface area contributed by atoms with Crippen molar-refractivity contribution in [3.8, 4) is 0 Å². The highest BCUT2D eigenvalue weighted by molar-refractivity contribution is 6.31. The molecule has 0 saturated carbocycles. The summed E-state index contributed by atoms with van der Waals surface area (Å²) in [6.07, 6.45) is 0.344. The molecule has 0 aliphatic rings. The number of hydrogen-bond acceptors (Lipinski definition) is 4. The van der Waals surface area contributed by atoms with Crippen molar-refractivity contribution in [1.29, 1.82) is 0 Å². The summed E-state index contributed by atoms with van der Waals surface area (Å²) >= 11 is 6.16. The second kappa shape index (κ2) is 7.64. The smallest absolute Gasteiger partial charge is 0.170 e. The molecule has 0 aliphatic heterocycles. The van der Waals surface area contributed by atoms with Gasteiger partial charge in [-0.05, 0) is 23.5 Å². The molecule has 0 radical (unpaired) electrons. The van der Waals surface area contributed by atoms with Crippen LogP contribution in [0.3, 0.4) is 0 Å². The summed E-state index contributed by atoms with van der Waals surface area (Å²) in [5.74, 6) is 0.0250. The summed E-state index contributed by atoms with van der Waals surface area (Å²) in [5, 5.41) is 25.2. The second-order valence-electron chi connectivity index (χ2n) is 6.34. The molecule has 1 unspecified atom stereocenters. The largest absolute Gasteiger partial charge is 0.409 e. The molecular formula is C15H24ClN3O2. The lowest BCUT2D eigenvalue weighted by Gasteiger charge is -2.22. The van der Waals surface area contributed by atoms with E-state index in [2.05, 4.69) is 31.2 Å². The highest BCUT2D eigenvalue weighted by atomic mass is 35.5. The third-order valence-electron chi connectivity index (χ3n) is 3.00. The molecule has 1 rings (SSSR count). The van der Waals surface area contributed by atoms with Crippen molar-refractivity contribution in [3.63, 3.8) is 0 Å². The van der Waals surface area contributed by atoms with Crippen LogP contribution in [0.5, 0.6) is 0 Å². The van der Waals surface area contributed by atoms with Crippen molar-refractivity contribution >= 4 is 17.4 Å². The standard InChI is InChI=1S/C15H24ClN3O2/c1-15(2,3)7-12(20)9-18-8-11-5-4-10(6-13(11)16)14(17)19-21/h4-6,12,18,20-21H,7-9H2,1-3H3,(H2,17,19). The molecule has 6 heteroatoms. The Kier molecular flexibility index (Phi) is 6.45. The minimum atomic E-state index is -0.389. The Hall–Kier alpha value is -1.30. The molecule has 1 aromatic rings. The zero-order valence-electron chi connectivity index (χ0n) is 12.7. The third-order valence-corrected chi connectivity index (χ3v) is 3.35. The maximum Gasteiger partial charge on any atom is 0.170 e. The van der Waals surface area contributed by atoms with E-state index in [1.54, 1.807) is 12.1 Å². The third kappa shape index (κ3) is 6.33. The van der Waals surface area contributed by atoms with Crippen molar-refractivity contribution in [2.45, 2.75) is 39.8 Å². The number of rotatable bonds is 6. The van der Waals surface area contributed by atoms with Gasteiger partial charge in [-0.3, -0.25) is 0 Å². The first-order valence-electron chi connectivity index (χ1n) is 6.88. The normalized spacial score (nSPS) is 14.2. The van der Waals surface area contributed by atoms with Crippen LogP contribution < -0.4 is 11.1 Å². The number of oxime groups is 1. The van der Waals surface area contributed by atoms with Gasteiger partial charge in [-0.1, -0.05) is 49.7 Å². The van der Waals surface area contributed by atoms with Crippen molar-refractivity contribution < 1.29 is 10.3 Å². The van der Waals surface area contributed by atoms with Gasteiger partial charge in [0.25, 0.3) is 0 Å². The summed E-state index contributed by atoms with van der Waals surface area (Å²) in [7, 11) is 0. The van der Waals surface area contributed by atoms with Crippen LogP contribution in [0, 0.1) is 5.41 Å². The van der Waals surface area contributed by atoms with Gasteiger partial charge >= 0.3 is 0 Å². The van der Waals surface area contributed by atoms with E-state index < -0.39 is 0 Å². The van der Waals surface area contributed by atoms with Crippen LogP contribution in [0.25, 0.3) is 0 Å². The molecule has 0 aromatic heterocycles. The zero-order valence-corrected chi connectivity index (χ0v) is 13.5. The molecule has 0 heterocycles. The Bertz CT molecular complexity index is 498. The van der Waals surface area contributed by atoms with Crippen LogP contribution in [-0.2, 0) is 6.54 Å². The maximum absolute atomic E-state index is 9.93. The van der Waals surface area contributed by atoms with Crippen molar-refractivity contribution in [2.24, 2.45) is 16.3 Å². The molecule has 0 amide bonds. The first-order valence-corrected chi connectivity index (χ1v) is 7.26. The van der Waals surface area contributed by atoms with E-state index in [0.29, 0.717) is 23.7 Å². The molecule has 5 nitrogen and oxygen atoms in total. The number of hydrogen-bond donors (Lipinski definition) is 4. The molecule has 1 atom stereocenters. The average Bonchev–Trinajstić information content (AvgIpc) is 2.37. The molecule has 1 aromatic carbocycles. The number of nitrogens with two attached hydrogens (primary N) is 1. The SMILES string of the molecule is CC(C)(C)CC(O)CNCc1ccc(/C(N)=N/O)cc1Cl. The Labute approximate surface area is 130 Å². The Morgan fingerprint density at radius 3 is 2.62 bits per heavy atom. The van der Waals surface area contributed by atoms with Gasteiger partial charge in [0.2, 0.25) is 0 Å². The van der Waals surface area contributed by atoms with E-state index in [1.165, 1.54) is 0 Å². The minimum absolute atomic E-state index is 0.0250. The fourth-order valence-electron chi connectivity index (χ4n) is 2.06. The molecule has 5 N–H and O–H groups in total. The molecule has 21 heavy (non-hydrogen) atoms. The maximum atomic E-state index is 9.93. The molecule has 0 spiro atoms. The van der Waals surface area contributed by atoms with Crippen LogP contribution >= 0.6 is 11.6 Å². The number of benzene rings is 1. The fourth-order valence-corrected chi connectivity index (χ4v) is 2.31. The average molecular weight is 314 g/mol. The van der Waals surface area contributed by atoms with Crippen molar-refractivity contribution in [3.05, 3.63) is 34.3 Å². The topological polar surface area (TPSA) is 90.9 Å². The summed E-state index contributed by atoms with van der Waals surface area (Å²) < 4.78 is 0. The Morgan fingerprint density at radius 1 is 1.43 bits per heavy atom.